The van der Waals surface area contributed by atoms with Gasteiger partial charge in [0.2, 0.25) is 0 Å². The number of benzene rings is 1. The molecule has 1 fully saturated rings. The lowest BCUT2D eigenvalue weighted by Gasteiger charge is -2.30. The van der Waals surface area contributed by atoms with Crippen molar-refractivity contribution < 1.29 is 0 Å². The van der Waals surface area contributed by atoms with Gasteiger partial charge in [0.15, 0.2) is 0 Å². The SMILES string of the molecule is C[C@H]1NCCC[C@H]1c1ccccc1.Cl. The number of hydrogen-bond acceptors (Lipinski definition) is 1. The first kappa shape index (κ1) is 11.5. The van der Waals surface area contributed by atoms with Gasteiger partial charge >= 0.3 is 0 Å². The van der Waals surface area contributed by atoms with Gasteiger partial charge in [-0.2, -0.15) is 0 Å². The molecule has 2 heteroatoms. The molecule has 1 aliphatic rings. The molecule has 0 saturated carbocycles. The van der Waals surface area contributed by atoms with Crippen LogP contribution in [0.15, 0.2) is 30.3 Å². The van der Waals surface area contributed by atoms with Crippen molar-refractivity contribution in [2.24, 2.45) is 0 Å². The van der Waals surface area contributed by atoms with E-state index in [0.29, 0.717) is 6.04 Å². The average molecular weight is 212 g/mol. The van der Waals surface area contributed by atoms with Gasteiger partial charge in [0.1, 0.15) is 0 Å². The monoisotopic (exact) mass is 211 g/mol. The lowest BCUT2D eigenvalue weighted by molar-refractivity contribution is 0.371. The first-order valence-electron chi connectivity index (χ1n) is 5.16. The van der Waals surface area contributed by atoms with Crippen LogP contribution in [0, 0.1) is 0 Å². The Morgan fingerprint density at radius 3 is 2.57 bits per heavy atom. The van der Waals surface area contributed by atoms with E-state index >= 15 is 0 Å². The summed E-state index contributed by atoms with van der Waals surface area (Å²) in [6.07, 6.45) is 2.64. The normalized spacial score (nSPS) is 26.6. The summed E-state index contributed by atoms with van der Waals surface area (Å²) in [6.45, 7) is 3.47. The largest absolute Gasteiger partial charge is 0.314 e. The Morgan fingerprint density at radius 1 is 1.21 bits per heavy atom. The smallest absolute Gasteiger partial charge is 0.0107 e. The maximum absolute atomic E-state index is 3.53. The maximum Gasteiger partial charge on any atom is 0.0107 e. The topological polar surface area (TPSA) is 12.0 Å². The fourth-order valence-electron chi connectivity index (χ4n) is 2.20. The van der Waals surface area contributed by atoms with Gasteiger partial charge in [-0.15, -0.1) is 12.4 Å². The summed E-state index contributed by atoms with van der Waals surface area (Å²) in [5.74, 6) is 0.718. The third-order valence-electron chi connectivity index (χ3n) is 2.99. The molecule has 1 heterocycles. The Kier molecular flexibility index (Phi) is 4.43. The second-order valence-corrected chi connectivity index (χ2v) is 3.90. The molecule has 0 aliphatic carbocycles. The number of halogens is 1. The molecule has 1 aliphatic heterocycles. The molecule has 1 aromatic carbocycles. The molecule has 1 nitrogen and oxygen atoms in total. The predicted octanol–water partition coefficient (Wildman–Crippen LogP) is 2.96. The summed E-state index contributed by atoms with van der Waals surface area (Å²) in [4.78, 5) is 0. The summed E-state index contributed by atoms with van der Waals surface area (Å²) in [6, 6.07) is 11.5. The van der Waals surface area contributed by atoms with Crippen LogP contribution in [-0.4, -0.2) is 12.6 Å². The van der Waals surface area contributed by atoms with Crippen LogP contribution in [0.25, 0.3) is 0 Å². The number of nitrogens with one attached hydrogen (secondary N) is 1. The van der Waals surface area contributed by atoms with Crippen molar-refractivity contribution in [3.8, 4) is 0 Å². The van der Waals surface area contributed by atoms with E-state index in [2.05, 4.69) is 42.6 Å². The van der Waals surface area contributed by atoms with Crippen LogP contribution in [-0.2, 0) is 0 Å². The van der Waals surface area contributed by atoms with Gasteiger partial charge < -0.3 is 5.32 Å². The zero-order valence-corrected chi connectivity index (χ0v) is 9.39. The second-order valence-electron chi connectivity index (χ2n) is 3.90. The van der Waals surface area contributed by atoms with Gasteiger partial charge in [-0.25, -0.2) is 0 Å². The van der Waals surface area contributed by atoms with Crippen molar-refractivity contribution in [3.63, 3.8) is 0 Å². The highest BCUT2D eigenvalue weighted by atomic mass is 35.5. The zero-order chi connectivity index (χ0) is 9.10. The lowest BCUT2D eigenvalue weighted by Crippen LogP contribution is -2.37. The molecular formula is C12H18ClN. The summed E-state index contributed by atoms with van der Waals surface area (Å²) in [7, 11) is 0. The van der Waals surface area contributed by atoms with Gasteiger partial charge in [0, 0.05) is 6.04 Å². The third-order valence-corrected chi connectivity index (χ3v) is 2.99. The highest BCUT2D eigenvalue weighted by molar-refractivity contribution is 5.85. The van der Waals surface area contributed by atoms with E-state index in [1.54, 1.807) is 0 Å². The van der Waals surface area contributed by atoms with Crippen molar-refractivity contribution in [1.29, 1.82) is 0 Å². The fourth-order valence-corrected chi connectivity index (χ4v) is 2.20. The second kappa shape index (κ2) is 5.38. The van der Waals surface area contributed by atoms with E-state index in [9.17, 15) is 0 Å². The van der Waals surface area contributed by atoms with Gasteiger partial charge in [0.05, 0.1) is 0 Å². The average Bonchev–Trinajstić information content (AvgIpc) is 2.20. The molecule has 0 aromatic heterocycles. The maximum atomic E-state index is 3.53. The van der Waals surface area contributed by atoms with E-state index < -0.39 is 0 Å². The summed E-state index contributed by atoms with van der Waals surface area (Å²) in [5, 5.41) is 3.53. The molecular weight excluding hydrogens is 194 g/mol. The summed E-state index contributed by atoms with van der Waals surface area (Å²) >= 11 is 0. The number of hydrogen-bond donors (Lipinski definition) is 1. The fraction of sp³-hybridized carbons (Fsp3) is 0.500. The Balaban J connectivity index is 0.000000980. The van der Waals surface area contributed by atoms with Gasteiger partial charge in [-0.05, 0) is 37.8 Å². The van der Waals surface area contributed by atoms with Crippen LogP contribution in [0.4, 0.5) is 0 Å². The molecule has 0 spiro atoms. The van der Waals surface area contributed by atoms with Gasteiger partial charge in [-0.3, -0.25) is 0 Å². The van der Waals surface area contributed by atoms with Crippen molar-refractivity contribution in [2.75, 3.05) is 6.54 Å². The predicted molar refractivity (Wildman–Crippen MR) is 63.1 cm³/mol. The molecule has 2 atom stereocenters. The molecule has 0 amide bonds. The van der Waals surface area contributed by atoms with E-state index in [1.807, 2.05) is 0 Å². The zero-order valence-electron chi connectivity index (χ0n) is 8.57. The molecule has 78 valence electrons. The quantitative estimate of drug-likeness (QED) is 0.753. The minimum atomic E-state index is 0. The number of rotatable bonds is 1. The van der Waals surface area contributed by atoms with E-state index in [1.165, 1.54) is 24.9 Å². The Labute approximate surface area is 92.3 Å². The third kappa shape index (κ3) is 2.49. The molecule has 0 bridgehead atoms. The Morgan fingerprint density at radius 2 is 1.93 bits per heavy atom. The van der Waals surface area contributed by atoms with Crippen molar-refractivity contribution in [3.05, 3.63) is 35.9 Å². The Bertz CT molecular complexity index is 260. The van der Waals surface area contributed by atoms with Crippen LogP contribution in [0.2, 0.25) is 0 Å². The van der Waals surface area contributed by atoms with Crippen LogP contribution in [0.1, 0.15) is 31.2 Å². The first-order valence-corrected chi connectivity index (χ1v) is 5.16. The molecule has 1 saturated heterocycles. The molecule has 0 unspecified atom stereocenters. The minimum absolute atomic E-state index is 0. The van der Waals surface area contributed by atoms with Gasteiger partial charge in [0.25, 0.3) is 0 Å². The van der Waals surface area contributed by atoms with Crippen LogP contribution in [0.3, 0.4) is 0 Å². The highest BCUT2D eigenvalue weighted by Gasteiger charge is 2.21. The van der Waals surface area contributed by atoms with Crippen LogP contribution < -0.4 is 5.32 Å². The molecule has 0 radical (unpaired) electrons. The van der Waals surface area contributed by atoms with E-state index in [-0.39, 0.29) is 12.4 Å². The summed E-state index contributed by atoms with van der Waals surface area (Å²) < 4.78 is 0. The minimum Gasteiger partial charge on any atom is -0.314 e. The first-order chi connectivity index (χ1) is 6.38. The Hall–Kier alpha value is -0.530. The standard InChI is InChI=1S/C12H17N.ClH/c1-10-12(8-5-9-13-10)11-6-3-2-4-7-11;/h2-4,6-7,10,12-13H,5,8-9H2,1H3;1H/t10-,12-;/m1./s1. The van der Waals surface area contributed by atoms with Crippen LogP contribution >= 0.6 is 12.4 Å². The molecule has 14 heavy (non-hydrogen) atoms. The lowest BCUT2D eigenvalue weighted by atomic mass is 9.86. The molecule has 1 N–H and O–H groups in total. The van der Waals surface area contributed by atoms with Crippen LogP contribution in [0.5, 0.6) is 0 Å². The van der Waals surface area contributed by atoms with Crippen molar-refractivity contribution in [1.82, 2.24) is 5.32 Å². The molecule has 2 rings (SSSR count). The van der Waals surface area contributed by atoms with Gasteiger partial charge in [-0.1, -0.05) is 30.3 Å². The van der Waals surface area contributed by atoms with Crippen molar-refractivity contribution >= 4 is 12.4 Å². The van der Waals surface area contributed by atoms with E-state index in [0.717, 1.165) is 5.92 Å². The highest BCUT2D eigenvalue weighted by Crippen LogP contribution is 2.27. The van der Waals surface area contributed by atoms with Crippen molar-refractivity contribution in [2.45, 2.75) is 31.7 Å². The van der Waals surface area contributed by atoms with E-state index in [4.69, 9.17) is 0 Å². The summed E-state index contributed by atoms with van der Waals surface area (Å²) in [5.41, 5.74) is 1.49. The number of piperidine rings is 1. The molecule has 1 aromatic rings.